The highest BCUT2D eigenvalue weighted by molar-refractivity contribution is 6.07. The number of nitriles is 2. The number of benzene rings is 1. The Hall–Kier alpha value is -3.79. The third-order valence-corrected chi connectivity index (χ3v) is 4.00. The number of rotatable bonds is 10. The van der Waals surface area contributed by atoms with Gasteiger partial charge >= 0.3 is 11.9 Å². The van der Waals surface area contributed by atoms with Crippen LogP contribution < -0.4 is 0 Å². The number of non-ortho nitro benzene ring substituents is 1. The number of ketones is 1. The number of nitrogens with zero attached hydrogens (tertiary/aromatic N) is 3. The monoisotopic (exact) mass is 401 g/mol. The molecule has 2 unspecified atom stereocenters. The fourth-order valence-corrected chi connectivity index (χ4v) is 2.76. The van der Waals surface area contributed by atoms with Gasteiger partial charge in [-0.25, -0.2) is 0 Å². The quantitative estimate of drug-likeness (QED) is 0.247. The van der Waals surface area contributed by atoms with Gasteiger partial charge in [-0.3, -0.25) is 24.5 Å². The Kier molecular flexibility index (Phi) is 8.93. The summed E-state index contributed by atoms with van der Waals surface area (Å²) in [6.45, 7) is 3.02. The molecule has 0 radical (unpaired) electrons. The molecule has 1 aromatic rings. The minimum Gasteiger partial charge on any atom is -0.466 e. The number of ether oxygens (including phenoxy) is 2. The van der Waals surface area contributed by atoms with Crippen molar-refractivity contribution in [2.45, 2.75) is 26.2 Å². The van der Waals surface area contributed by atoms with Gasteiger partial charge in [-0.05, 0) is 19.4 Å². The summed E-state index contributed by atoms with van der Waals surface area (Å²) in [5.41, 5.74) is -0.0672. The van der Waals surface area contributed by atoms with E-state index in [9.17, 15) is 35.0 Å². The van der Waals surface area contributed by atoms with Gasteiger partial charge in [-0.15, -0.1) is 0 Å². The second-order valence-electron chi connectivity index (χ2n) is 5.79. The molecule has 1 aromatic carbocycles. The lowest BCUT2D eigenvalue weighted by Crippen LogP contribution is -2.36. The highest BCUT2D eigenvalue weighted by Gasteiger charge is 2.42. The molecule has 0 aromatic heterocycles. The molecule has 0 aliphatic heterocycles. The van der Waals surface area contributed by atoms with Gasteiger partial charge in [0.2, 0.25) is 0 Å². The number of nitro benzene ring substituents is 1. The molecule has 0 saturated heterocycles. The Morgan fingerprint density at radius 2 is 1.62 bits per heavy atom. The van der Waals surface area contributed by atoms with Gasteiger partial charge in [0.05, 0.1) is 30.3 Å². The predicted octanol–water partition coefficient (Wildman–Crippen LogP) is 2.04. The zero-order valence-corrected chi connectivity index (χ0v) is 15.9. The van der Waals surface area contributed by atoms with Gasteiger partial charge in [0, 0.05) is 18.1 Å². The van der Waals surface area contributed by atoms with E-state index in [1.54, 1.807) is 19.1 Å². The molecule has 0 amide bonds. The fourth-order valence-electron chi connectivity index (χ4n) is 2.76. The molecule has 152 valence electrons. The Bertz CT molecular complexity index is 838. The number of Topliss-reactive ketones (excluding diaryl/α,β-unsaturated/α-hetero) is 1. The minimum atomic E-state index is -1.63. The maximum absolute atomic E-state index is 12.7. The van der Waals surface area contributed by atoms with Gasteiger partial charge in [0.25, 0.3) is 5.69 Å². The lowest BCUT2D eigenvalue weighted by molar-refractivity contribution is -0.384. The SMILES string of the molecule is CCOC(=O)CC(=O)C(C(=O)OCC)C(c1ccc([N+](=O)[O-])cc1)C(C#N)C#N. The first-order chi connectivity index (χ1) is 13.8. The first kappa shape index (κ1) is 23.2. The van der Waals surface area contributed by atoms with Gasteiger partial charge in [0.1, 0.15) is 18.3 Å². The van der Waals surface area contributed by atoms with Crippen LogP contribution in [0, 0.1) is 44.6 Å². The second-order valence-corrected chi connectivity index (χ2v) is 5.79. The van der Waals surface area contributed by atoms with Gasteiger partial charge in [-0.1, -0.05) is 12.1 Å². The molecular formula is C19H19N3O7. The summed E-state index contributed by atoms with van der Waals surface area (Å²) >= 11 is 0. The molecule has 10 nitrogen and oxygen atoms in total. The zero-order valence-electron chi connectivity index (χ0n) is 15.9. The molecule has 0 fully saturated rings. The van der Waals surface area contributed by atoms with E-state index in [0.29, 0.717) is 0 Å². The molecule has 10 heteroatoms. The first-order valence-electron chi connectivity index (χ1n) is 8.69. The zero-order chi connectivity index (χ0) is 22.0. The highest BCUT2D eigenvalue weighted by atomic mass is 16.6. The molecule has 0 bridgehead atoms. The van der Waals surface area contributed by atoms with Crippen molar-refractivity contribution in [2.75, 3.05) is 13.2 Å². The van der Waals surface area contributed by atoms with Crippen LogP contribution in [0.4, 0.5) is 5.69 Å². The van der Waals surface area contributed by atoms with Crippen LogP contribution in [-0.4, -0.2) is 35.9 Å². The van der Waals surface area contributed by atoms with Gasteiger partial charge in [0.15, 0.2) is 5.78 Å². The molecule has 0 aliphatic rings. The van der Waals surface area contributed by atoms with Crippen molar-refractivity contribution in [3.63, 3.8) is 0 Å². The smallest absolute Gasteiger partial charge is 0.317 e. The molecule has 0 heterocycles. The Balaban J connectivity index is 3.46. The van der Waals surface area contributed by atoms with Crippen LogP contribution >= 0.6 is 0 Å². The van der Waals surface area contributed by atoms with Crippen molar-refractivity contribution < 1.29 is 28.8 Å². The number of hydrogen-bond acceptors (Lipinski definition) is 9. The van der Waals surface area contributed by atoms with Crippen LogP contribution in [0.25, 0.3) is 0 Å². The third-order valence-electron chi connectivity index (χ3n) is 4.00. The van der Waals surface area contributed by atoms with Crippen LogP contribution in [0.15, 0.2) is 24.3 Å². The van der Waals surface area contributed by atoms with Crippen molar-refractivity contribution in [1.82, 2.24) is 0 Å². The predicted molar refractivity (Wildman–Crippen MR) is 96.9 cm³/mol. The standard InChI is InChI=1S/C19H19N3O7/c1-3-28-16(24)9-15(23)18(19(25)29-4-2)17(13(10-20)11-21)12-5-7-14(8-6-12)22(26)27/h5-8,13,17-18H,3-4,9H2,1-2H3. The average molecular weight is 401 g/mol. The normalized spacial score (nSPS) is 12.2. The van der Waals surface area contributed by atoms with Crippen LogP contribution in [0.2, 0.25) is 0 Å². The number of carbonyl (C=O) groups excluding carboxylic acids is 3. The van der Waals surface area contributed by atoms with Crippen molar-refractivity contribution in [1.29, 1.82) is 10.5 Å². The maximum atomic E-state index is 12.7. The second kappa shape index (κ2) is 11.1. The van der Waals surface area contributed by atoms with E-state index in [1.165, 1.54) is 19.1 Å². The lowest BCUT2D eigenvalue weighted by Gasteiger charge is -2.25. The Labute approximate surface area is 166 Å². The summed E-state index contributed by atoms with van der Waals surface area (Å²) in [6.07, 6.45) is -0.746. The van der Waals surface area contributed by atoms with Crippen LogP contribution in [0.1, 0.15) is 31.7 Å². The van der Waals surface area contributed by atoms with E-state index in [0.717, 1.165) is 12.1 Å². The number of esters is 2. The largest absolute Gasteiger partial charge is 0.466 e. The third kappa shape index (κ3) is 6.11. The van der Waals surface area contributed by atoms with E-state index in [-0.39, 0.29) is 24.5 Å². The van der Waals surface area contributed by atoms with E-state index in [2.05, 4.69) is 0 Å². The van der Waals surface area contributed by atoms with E-state index < -0.39 is 46.8 Å². The molecule has 2 atom stereocenters. The molecule has 29 heavy (non-hydrogen) atoms. The molecule has 0 N–H and O–H groups in total. The molecule has 0 saturated carbocycles. The topological polar surface area (TPSA) is 160 Å². The van der Waals surface area contributed by atoms with E-state index in [4.69, 9.17) is 9.47 Å². The summed E-state index contributed by atoms with van der Waals surface area (Å²) in [7, 11) is 0. The molecule has 0 aliphatic carbocycles. The van der Waals surface area contributed by atoms with Crippen molar-refractivity contribution >= 4 is 23.4 Å². The highest BCUT2D eigenvalue weighted by Crippen LogP contribution is 2.35. The fraction of sp³-hybridized carbons (Fsp3) is 0.421. The summed E-state index contributed by atoms with van der Waals surface area (Å²) in [6, 6.07) is 8.23. The van der Waals surface area contributed by atoms with Crippen LogP contribution in [-0.2, 0) is 23.9 Å². The number of carbonyl (C=O) groups is 3. The maximum Gasteiger partial charge on any atom is 0.317 e. The Morgan fingerprint density at radius 3 is 2.07 bits per heavy atom. The summed E-state index contributed by atoms with van der Waals surface area (Å²) in [5, 5.41) is 29.6. The van der Waals surface area contributed by atoms with Crippen molar-refractivity contribution in [3.8, 4) is 12.1 Å². The molecular weight excluding hydrogens is 382 g/mol. The van der Waals surface area contributed by atoms with Crippen molar-refractivity contribution in [3.05, 3.63) is 39.9 Å². The van der Waals surface area contributed by atoms with E-state index >= 15 is 0 Å². The van der Waals surface area contributed by atoms with Crippen LogP contribution in [0.3, 0.4) is 0 Å². The minimum absolute atomic E-state index is 0.0288. The van der Waals surface area contributed by atoms with Crippen molar-refractivity contribution in [2.24, 2.45) is 11.8 Å². The number of hydrogen-bond donors (Lipinski definition) is 0. The van der Waals surface area contributed by atoms with Crippen LogP contribution in [0.5, 0.6) is 0 Å². The average Bonchev–Trinajstić information content (AvgIpc) is 2.68. The van der Waals surface area contributed by atoms with E-state index in [1.807, 2.05) is 0 Å². The summed E-state index contributed by atoms with van der Waals surface area (Å²) < 4.78 is 9.66. The lowest BCUT2D eigenvalue weighted by atomic mass is 9.75. The molecule has 0 spiro atoms. The van der Waals surface area contributed by atoms with Gasteiger partial charge < -0.3 is 9.47 Å². The first-order valence-corrected chi connectivity index (χ1v) is 8.69. The van der Waals surface area contributed by atoms with Gasteiger partial charge in [-0.2, -0.15) is 10.5 Å². The molecule has 1 rings (SSSR count). The summed E-state index contributed by atoms with van der Waals surface area (Å²) in [4.78, 5) is 47.2. The number of nitro groups is 1. The Morgan fingerprint density at radius 1 is 1.07 bits per heavy atom. The summed E-state index contributed by atoms with van der Waals surface area (Å²) in [5.74, 6) is -7.10.